The van der Waals surface area contributed by atoms with Gasteiger partial charge in [0, 0.05) is 23.5 Å². The molecule has 0 bridgehead atoms. The third kappa shape index (κ3) is 9.87. The van der Waals surface area contributed by atoms with Gasteiger partial charge in [-0.25, -0.2) is 8.42 Å². The molecule has 0 aliphatic heterocycles. The van der Waals surface area contributed by atoms with E-state index in [1.54, 1.807) is 75.4 Å². The van der Waals surface area contributed by atoms with Crippen LogP contribution in [-0.2, 0) is 38.8 Å². The Morgan fingerprint density at radius 3 is 2.05 bits per heavy atom. The quantitative estimate of drug-likeness (QED) is 0.276. The Morgan fingerprint density at radius 2 is 1.51 bits per heavy atom. The van der Waals surface area contributed by atoms with Crippen LogP contribution in [-0.4, -0.2) is 49.5 Å². The van der Waals surface area contributed by atoms with E-state index in [9.17, 15) is 31.2 Å². The molecule has 3 aromatic carbocycles. The van der Waals surface area contributed by atoms with Crippen LogP contribution in [0.2, 0.25) is 10.0 Å². The Hall–Kier alpha value is -3.28. The molecule has 2 amide bonds. The molecule has 0 heterocycles. The largest absolute Gasteiger partial charge is 0.417 e. The summed E-state index contributed by atoms with van der Waals surface area (Å²) in [5.41, 5.74) is -0.999. The average Bonchev–Trinajstić information content (AvgIpc) is 2.89. The van der Waals surface area contributed by atoms with Crippen molar-refractivity contribution in [2.24, 2.45) is 0 Å². The smallest absolute Gasteiger partial charge is 0.350 e. The zero-order valence-corrected chi connectivity index (χ0v) is 26.3. The lowest BCUT2D eigenvalue weighted by atomic mass is 10.0. The highest BCUT2D eigenvalue weighted by Gasteiger charge is 2.37. The van der Waals surface area contributed by atoms with Crippen LogP contribution in [0.25, 0.3) is 0 Å². The van der Waals surface area contributed by atoms with E-state index in [4.69, 9.17) is 23.2 Å². The highest BCUT2D eigenvalue weighted by atomic mass is 35.5. The minimum Gasteiger partial charge on any atom is -0.350 e. The Kier molecular flexibility index (Phi) is 10.8. The van der Waals surface area contributed by atoms with E-state index in [2.05, 4.69) is 5.32 Å². The van der Waals surface area contributed by atoms with Gasteiger partial charge in [0.15, 0.2) is 0 Å². The third-order valence-electron chi connectivity index (χ3n) is 6.26. The number of hydrogen-bond acceptors (Lipinski definition) is 4. The van der Waals surface area contributed by atoms with Crippen molar-refractivity contribution in [2.45, 2.75) is 51.5 Å². The lowest BCUT2D eigenvalue weighted by Crippen LogP contribution is -2.56. The van der Waals surface area contributed by atoms with Gasteiger partial charge in [0.05, 0.1) is 22.5 Å². The van der Waals surface area contributed by atoms with E-state index < -0.39 is 62.4 Å². The molecular formula is C30H32Cl2F3N3O4S. The summed E-state index contributed by atoms with van der Waals surface area (Å²) < 4.78 is 67.1. The minimum absolute atomic E-state index is 0.0835. The normalized spacial score (nSPS) is 12.9. The molecule has 0 aliphatic rings. The monoisotopic (exact) mass is 657 g/mol. The molecule has 1 unspecified atom stereocenters. The molecule has 13 heteroatoms. The van der Waals surface area contributed by atoms with E-state index in [-0.39, 0.29) is 13.0 Å². The number of carbonyl (C=O) groups excluding carboxylic acids is 2. The van der Waals surface area contributed by atoms with Gasteiger partial charge in [-0.3, -0.25) is 13.9 Å². The number of halogens is 5. The first-order valence-electron chi connectivity index (χ1n) is 13.1. The van der Waals surface area contributed by atoms with Gasteiger partial charge in [-0.05, 0) is 62.2 Å². The first-order chi connectivity index (χ1) is 19.8. The molecule has 0 saturated heterocycles. The summed E-state index contributed by atoms with van der Waals surface area (Å²) in [4.78, 5) is 29.0. The first kappa shape index (κ1) is 34.2. The number of sulfonamides is 1. The molecule has 0 aliphatic carbocycles. The molecule has 0 radical (unpaired) electrons. The Morgan fingerprint density at radius 1 is 0.907 bits per heavy atom. The number of hydrogen-bond donors (Lipinski definition) is 1. The zero-order chi connectivity index (χ0) is 32.2. The van der Waals surface area contributed by atoms with Crippen LogP contribution >= 0.6 is 23.2 Å². The van der Waals surface area contributed by atoms with Gasteiger partial charge in [-0.1, -0.05) is 65.7 Å². The second-order valence-corrected chi connectivity index (χ2v) is 13.8. The predicted molar refractivity (Wildman–Crippen MR) is 162 cm³/mol. The second-order valence-electron chi connectivity index (χ2n) is 11.0. The van der Waals surface area contributed by atoms with Crippen molar-refractivity contribution in [1.82, 2.24) is 10.2 Å². The van der Waals surface area contributed by atoms with Crippen LogP contribution in [0.4, 0.5) is 18.9 Å². The fourth-order valence-electron chi connectivity index (χ4n) is 4.29. The molecule has 3 aromatic rings. The first-order valence-corrected chi connectivity index (χ1v) is 15.7. The van der Waals surface area contributed by atoms with Crippen LogP contribution in [0.5, 0.6) is 0 Å². The predicted octanol–water partition coefficient (Wildman–Crippen LogP) is 6.33. The molecule has 0 saturated carbocycles. The van der Waals surface area contributed by atoms with Crippen LogP contribution in [0.1, 0.15) is 37.5 Å². The maximum absolute atomic E-state index is 14.1. The van der Waals surface area contributed by atoms with E-state index in [0.29, 0.717) is 21.0 Å². The Bertz CT molecular complexity index is 1550. The number of amides is 2. The van der Waals surface area contributed by atoms with Gasteiger partial charge in [-0.15, -0.1) is 0 Å². The van der Waals surface area contributed by atoms with Crippen LogP contribution < -0.4 is 9.62 Å². The number of rotatable bonds is 10. The summed E-state index contributed by atoms with van der Waals surface area (Å²) in [5, 5.41) is 2.71. The molecule has 0 fully saturated rings. The molecule has 3 rings (SSSR count). The molecule has 0 spiro atoms. The van der Waals surface area contributed by atoms with E-state index in [1.165, 1.54) is 4.90 Å². The molecule has 232 valence electrons. The van der Waals surface area contributed by atoms with Gasteiger partial charge in [0.1, 0.15) is 12.6 Å². The number of carbonyl (C=O) groups is 2. The number of nitrogens with zero attached hydrogens (tertiary/aromatic N) is 2. The lowest BCUT2D eigenvalue weighted by Gasteiger charge is -2.35. The fourth-order valence-corrected chi connectivity index (χ4v) is 5.48. The van der Waals surface area contributed by atoms with Crippen molar-refractivity contribution in [1.29, 1.82) is 0 Å². The number of nitrogens with one attached hydrogen (secondary N) is 1. The molecule has 0 aromatic heterocycles. The fraction of sp³-hybridized carbons (Fsp3) is 0.333. The van der Waals surface area contributed by atoms with Gasteiger partial charge in [0.2, 0.25) is 21.8 Å². The maximum Gasteiger partial charge on any atom is 0.417 e. The number of alkyl halides is 3. The molecular weight excluding hydrogens is 626 g/mol. The summed E-state index contributed by atoms with van der Waals surface area (Å²) in [6.45, 7) is 4.34. The summed E-state index contributed by atoms with van der Waals surface area (Å²) in [7, 11) is -4.28. The van der Waals surface area contributed by atoms with Gasteiger partial charge >= 0.3 is 6.18 Å². The summed E-state index contributed by atoms with van der Waals surface area (Å²) >= 11 is 11.8. The average molecular weight is 659 g/mol. The van der Waals surface area contributed by atoms with E-state index in [1.807, 2.05) is 0 Å². The van der Waals surface area contributed by atoms with Crippen molar-refractivity contribution < 1.29 is 31.2 Å². The maximum atomic E-state index is 14.1. The number of anilines is 1. The van der Waals surface area contributed by atoms with Crippen molar-refractivity contribution in [2.75, 3.05) is 17.1 Å². The summed E-state index contributed by atoms with van der Waals surface area (Å²) in [6.07, 6.45) is -4.01. The molecule has 1 N–H and O–H groups in total. The van der Waals surface area contributed by atoms with Crippen molar-refractivity contribution >= 4 is 50.7 Å². The van der Waals surface area contributed by atoms with E-state index >= 15 is 0 Å². The van der Waals surface area contributed by atoms with Crippen molar-refractivity contribution in [3.05, 3.63) is 99.5 Å². The SMILES string of the molecule is CC(C)(C)NC(=O)C(Cc1ccccc1)N(Cc1ccc(Cl)cc1)C(=O)CN(c1ccc(Cl)c(C(F)(F)F)c1)S(C)(=O)=O. The van der Waals surface area contributed by atoms with Gasteiger partial charge < -0.3 is 10.2 Å². The topological polar surface area (TPSA) is 86.8 Å². The van der Waals surface area contributed by atoms with Crippen LogP contribution in [0, 0.1) is 0 Å². The Labute approximate surface area is 259 Å². The van der Waals surface area contributed by atoms with Crippen molar-refractivity contribution in [3.8, 4) is 0 Å². The molecule has 1 atom stereocenters. The van der Waals surface area contributed by atoms with Crippen LogP contribution in [0.15, 0.2) is 72.8 Å². The molecule has 7 nitrogen and oxygen atoms in total. The summed E-state index contributed by atoms with van der Waals surface area (Å²) in [6, 6.07) is 17.0. The number of benzene rings is 3. The van der Waals surface area contributed by atoms with Gasteiger partial charge in [0.25, 0.3) is 0 Å². The third-order valence-corrected chi connectivity index (χ3v) is 7.98. The standard InChI is InChI=1S/C30H32Cl2F3N3O4S/c1-29(2,3)36-28(40)26(16-20-8-6-5-7-9-20)37(18-21-10-12-22(31)13-11-21)27(39)19-38(43(4,41)42)23-14-15-25(32)24(17-23)30(33,34)35/h5-15,17,26H,16,18-19H2,1-4H3,(H,36,40). The highest BCUT2D eigenvalue weighted by molar-refractivity contribution is 7.92. The van der Waals surface area contributed by atoms with Crippen molar-refractivity contribution in [3.63, 3.8) is 0 Å². The minimum atomic E-state index is -4.87. The Balaban J connectivity index is 2.11. The van der Waals surface area contributed by atoms with E-state index in [0.717, 1.165) is 24.0 Å². The summed E-state index contributed by atoms with van der Waals surface area (Å²) in [5.74, 6) is -1.30. The highest BCUT2D eigenvalue weighted by Crippen LogP contribution is 2.37. The molecule has 43 heavy (non-hydrogen) atoms. The van der Waals surface area contributed by atoms with Crippen LogP contribution in [0.3, 0.4) is 0 Å². The lowest BCUT2D eigenvalue weighted by molar-refractivity contribution is -0.140. The van der Waals surface area contributed by atoms with Gasteiger partial charge in [-0.2, -0.15) is 13.2 Å². The second kappa shape index (κ2) is 13.6. The zero-order valence-electron chi connectivity index (χ0n) is 24.0.